The zero-order valence-electron chi connectivity index (χ0n) is 8.33. The van der Waals surface area contributed by atoms with Gasteiger partial charge in [-0.25, -0.2) is 0 Å². The summed E-state index contributed by atoms with van der Waals surface area (Å²) >= 11 is 6.29. The second-order valence-electron chi connectivity index (χ2n) is 3.46. The minimum absolute atomic E-state index is 0.427. The van der Waals surface area contributed by atoms with Crippen molar-refractivity contribution in [3.63, 3.8) is 0 Å². The summed E-state index contributed by atoms with van der Waals surface area (Å²) in [4.78, 5) is 0. The summed E-state index contributed by atoms with van der Waals surface area (Å²) < 4.78 is 0. The lowest BCUT2D eigenvalue weighted by Crippen LogP contribution is -2.07. The van der Waals surface area contributed by atoms with Gasteiger partial charge in [-0.3, -0.25) is 0 Å². The maximum Gasteiger partial charge on any atom is 0.0532 e. The molecular formula is C12H13ClN2. The number of benzene rings is 2. The molecule has 0 amide bonds. The average molecular weight is 221 g/mol. The van der Waals surface area contributed by atoms with E-state index in [-0.39, 0.29) is 0 Å². The van der Waals surface area contributed by atoms with Crippen molar-refractivity contribution in [2.75, 3.05) is 0 Å². The number of hydrogen-bond acceptors (Lipinski definition) is 2. The third kappa shape index (κ3) is 1.72. The summed E-state index contributed by atoms with van der Waals surface area (Å²) in [6.45, 7) is 0.896. The van der Waals surface area contributed by atoms with Crippen LogP contribution in [0, 0.1) is 0 Å². The van der Waals surface area contributed by atoms with E-state index in [1.165, 1.54) is 0 Å². The Balaban J connectivity index is 2.81. The summed E-state index contributed by atoms with van der Waals surface area (Å²) in [5.74, 6) is 0. The number of hydrogen-bond donors (Lipinski definition) is 2. The van der Waals surface area contributed by atoms with Crippen LogP contribution in [-0.2, 0) is 13.1 Å². The van der Waals surface area contributed by atoms with Crippen LogP contribution in [0.5, 0.6) is 0 Å². The highest BCUT2D eigenvalue weighted by Crippen LogP contribution is 2.29. The molecule has 3 heteroatoms. The molecule has 0 aromatic heterocycles. The normalized spacial score (nSPS) is 10.9. The molecule has 0 fully saturated rings. The van der Waals surface area contributed by atoms with E-state index in [0.717, 1.165) is 26.9 Å². The van der Waals surface area contributed by atoms with Gasteiger partial charge in [-0.2, -0.15) is 0 Å². The Hall–Kier alpha value is -1.09. The number of fused-ring (bicyclic) bond motifs is 1. The van der Waals surface area contributed by atoms with Crippen LogP contribution in [0.15, 0.2) is 30.3 Å². The molecule has 0 spiro atoms. The van der Waals surface area contributed by atoms with Gasteiger partial charge in [-0.15, -0.1) is 0 Å². The second-order valence-corrected chi connectivity index (χ2v) is 3.84. The fraction of sp³-hybridized carbons (Fsp3) is 0.167. The number of halogens is 1. The Morgan fingerprint density at radius 1 is 1.07 bits per heavy atom. The monoisotopic (exact) mass is 220 g/mol. The van der Waals surface area contributed by atoms with Crippen LogP contribution in [0.2, 0.25) is 5.02 Å². The molecule has 15 heavy (non-hydrogen) atoms. The van der Waals surface area contributed by atoms with E-state index in [1.807, 2.05) is 24.3 Å². The van der Waals surface area contributed by atoms with Gasteiger partial charge in [-0.1, -0.05) is 35.9 Å². The molecule has 0 aliphatic carbocycles. The standard InChI is InChI=1S/C12H13ClN2/c13-12-10-4-2-1-3-8(10)5-9(6-14)11(12)7-15/h1-5H,6-7,14-15H2. The van der Waals surface area contributed by atoms with E-state index in [1.54, 1.807) is 0 Å². The minimum Gasteiger partial charge on any atom is -0.326 e. The van der Waals surface area contributed by atoms with Gasteiger partial charge in [0.1, 0.15) is 0 Å². The van der Waals surface area contributed by atoms with E-state index in [4.69, 9.17) is 23.1 Å². The summed E-state index contributed by atoms with van der Waals surface area (Å²) in [6.07, 6.45) is 0. The van der Waals surface area contributed by atoms with Crippen LogP contribution in [-0.4, -0.2) is 0 Å². The maximum atomic E-state index is 6.29. The van der Waals surface area contributed by atoms with Crippen molar-refractivity contribution in [3.05, 3.63) is 46.5 Å². The van der Waals surface area contributed by atoms with Crippen LogP contribution in [0.4, 0.5) is 0 Å². The third-order valence-corrected chi connectivity index (χ3v) is 3.04. The van der Waals surface area contributed by atoms with E-state index < -0.39 is 0 Å². The van der Waals surface area contributed by atoms with Crippen LogP contribution < -0.4 is 11.5 Å². The lowest BCUT2D eigenvalue weighted by atomic mass is 10.0. The third-order valence-electron chi connectivity index (χ3n) is 2.60. The topological polar surface area (TPSA) is 52.0 Å². The predicted octanol–water partition coefficient (Wildman–Crippen LogP) is 2.41. The van der Waals surface area contributed by atoms with Crippen molar-refractivity contribution in [2.45, 2.75) is 13.1 Å². The van der Waals surface area contributed by atoms with Crippen LogP contribution in [0.3, 0.4) is 0 Å². The fourth-order valence-corrected chi connectivity index (χ4v) is 2.17. The molecule has 0 unspecified atom stereocenters. The highest BCUT2D eigenvalue weighted by Gasteiger charge is 2.08. The average Bonchev–Trinajstić information content (AvgIpc) is 2.29. The highest BCUT2D eigenvalue weighted by atomic mass is 35.5. The molecule has 4 N–H and O–H groups in total. The first-order valence-corrected chi connectivity index (χ1v) is 5.25. The Bertz CT molecular complexity index is 494. The van der Waals surface area contributed by atoms with Gasteiger partial charge in [0, 0.05) is 18.5 Å². The molecule has 0 saturated heterocycles. The SMILES string of the molecule is NCc1cc2ccccc2c(Cl)c1CN. The molecule has 2 rings (SSSR count). The van der Waals surface area contributed by atoms with Crippen molar-refractivity contribution in [3.8, 4) is 0 Å². The quantitative estimate of drug-likeness (QED) is 0.817. The maximum absolute atomic E-state index is 6.29. The van der Waals surface area contributed by atoms with E-state index in [0.29, 0.717) is 13.1 Å². The van der Waals surface area contributed by atoms with Gasteiger partial charge in [0.2, 0.25) is 0 Å². The van der Waals surface area contributed by atoms with Crippen molar-refractivity contribution >= 4 is 22.4 Å². The largest absolute Gasteiger partial charge is 0.326 e. The van der Waals surface area contributed by atoms with Gasteiger partial charge in [0.25, 0.3) is 0 Å². The van der Waals surface area contributed by atoms with E-state index in [2.05, 4.69) is 6.07 Å². The van der Waals surface area contributed by atoms with Crippen LogP contribution in [0.1, 0.15) is 11.1 Å². The Kier molecular flexibility index (Phi) is 2.91. The predicted molar refractivity (Wildman–Crippen MR) is 64.7 cm³/mol. The van der Waals surface area contributed by atoms with E-state index >= 15 is 0 Å². The molecular weight excluding hydrogens is 208 g/mol. The molecule has 0 bridgehead atoms. The molecule has 0 radical (unpaired) electrons. The zero-order chi connectivity index (χ0) is 10.8. The molecule has 78 valence electrons. The zero-order valence-corrected chi connectivity index (χ0v) is 9.09. The van der Waals surface area contributed by atoms with Crippen LogP contribution >= 0.6 is 11.6 Å². The van der Waals surface area contributed by atoms with Crippen molar-refractivity contribution in [1.82, 2.24) is 0 Å². The van der Waals surface area contributed by atoms with E-state index in [9.17, 15) is 0 Å². The first-order valence-electron chi connectivity index (χ1n) is 4.87. The number of rotatable bonds is 2. The van der Waals surface area contributed by atoms with Gasteiger partial charge in [-0.05, 0) is 22.6 Å². The first kappa shape index (κ1) is 10.4. The summed E-state index contributed by atoms with van der Waals surface area (Å²) in [5, 5.41) is 2.88. The summed E-state index contributed by atoms with van der Waals surface area (Å²) in [5.41, 5.74) is 13.3. The van der Waals surface area contributed by atoms with Gasteiger partial charge in [0.15, 0.2) is 0 Å². The Morgan fingerprint density at radius 3 is 2.47 bits per heavy atom. The van der Waals surface area contributed by atoms with Gasteiger partial charge < -0.3 is 11.5 Å². The Morgan fingerprint density at radius 2 is 1.80 bits per heavy atom. The van der Waals surface area contributed by atoms with Gasteiger partial charge in [0.05, 0.1) is 5.02 Å². The molecule has 0 atom stereocenters. The van der Waals surface area contributed by atoms with Crippen molar-refractivity contribution < 1.29 is 0 Å². The molecule has 0 aliphatic heterocycles. The van der Waals surface area contributed by atoms with Crippen molar-refractivity contribution in [2.24, 2.45) is 11.5 Å². The molecule has 2 nitrogen and oxygen atoms in total. The highest BCUT2D eigenvalue weighted by molar-refractivity contribution is 6.36. The molecule has 0 heterocycles. The smallest absolute Gasteiger partial charge is 0.0532 e. The summed E-state index contributed by atoms with van der Waals surface area (Å²) in [6, 6.07) is 10.0. The molecule has 0 saturated carbocycles. The second kappa shape index (κ2) is 4.19. The fourth-order valence-electron chi connectivity index (χ4n) is 1.80. The molecule has 2 aromatic rings. The van der Waals surface area contributed by atoms with Crippen molar-refractivity contribution in [1.29, 1.82) is 0 Å². The van der Waals surface area contributed by atoms with Gasteiger partial charge >= 0.3 is 0 Å². The number of nitrogens with two attached hydrogens (primary N) is 2. The first-order chi connectivity index (χ1) is 7.27. The Labute approximate surface area is 93.8 Å². The van der Waals surface area contributed by atoms with Crippen LogP contribution in [0.25, 0.3) is 10.8 Å². The molecule has 2 aromatic carbocycles. The molecule has 0 aliphatic rings. The summed E-state index contributed by atoms with van der Waals surface area (Å²) in [7, 11) is 0. The lowest BCUT2D eigenvalue weighted by Gasteiger charge is -2.11. The minimum atomic E-state index is 0.427. The lowest BCUT2D eigenvalue weighted by molar-refractivity contribution is 0.985.